The second kappa shape index (κ2) is 6.22. The van der Waals surface area contributed by atoms with Crippen LogP contribution in [-0.4, -0.2) is 12.8 Å². The molecule has 12 heavy (non-hydrogen) atoms. The van der Waals surface area contributed by atoms with Crippen LogP contribution in [0.3, 0.4) is 0 Å². The fraction of sp³-hybridized carbons (Fsp3) is 0.909. The van der Waals surface area contributed by atoms with E-state index in [4.69, 9.17) is 0 Å². The average molecular weight is 169 g/mol. The minimum Gasteiger partial charge on any atom is -0.297 e. The van der Waals surface area contributed by atoms with E-state index in [-0.39, 0.29) is 0 Å². The Morgan fingerprint density at radius 1 is 1.25 bits per heavy atom. The first kappa shape index (κ1) is 11.7. The molecule has 0 heterocycles. The Kier molecular flexibility index (Phi) is 6.04. The first-order chi connectivity index (χ1) is 5.62. The minimum atomic E-state index is 0.404. The molecule has 0 aromatic rings. The first-order valence-electron chi connectivity index (χ1n) is 5.10. The second-order valence-electron chi connectivity index (χ2n) is 4.20. The van der Waals surface area contributed by atoms with Gasteiger partial charge in [0, 0.05) is 6.54 Å². The van der Waals surface area contributed by atoms with Gasteiger partial charge < -0.3 is 0 Å². The monoisotopic (exact) mass is 169 g/mol. The molecule has 0 spiro atoms. The Bertz CT molecular complexity index is 125. The summed E-state index contributed by atoms with van der Waals surface area (Å²) in [6.45, 7) is 9.96. The van der Waals surface area contributed by atoms with Crippen LogP contribution in [0.4, 0.5) is 0 Å². The fourth-order valence-corrected chi connectivity index (χ4v) is 1.18. The Labute approximate surface area is 77.3 Å². The van der Waals surface area contributed by atoms with Crippen molar-refractivity contribution < 1.29 is 0 Å². The molecule has 0 aliphatic carbocycles. The summed E-state index contributed by atoms with van der Waals surface area (Å²) in [5, 5.41) is 0. The van der Waals surface area contributed by atoms with Gasteiger partial charge in [-0.3, -0.25) is 4.99 Å². The standard InChI is InChI=1S/C11H23N/c1-5-7-8-11(3,4)10-12-9-6-2/h9H,5-8,10H2,1-4H3. The summed E-state index contributed by atoms with van der Waals surface area (Å²) in [6.07, 6.45) is 7.00. The van der Waals surface area contributed by atoms with Crippen LogP contribution in [0.1, 0.15) is 53.4 Å². The molecule has 0 saturated carbocycles. The maximum atomic E-state index is 4.39. The molecule has 0 atom stereocenters. The summed E-state index contributed by atoms with van der Waals surface area (Å²) in [7, 11) is 0. The third kappa shape index (κ3) is 6.38. The Balaban J connectivity index is 3.62. The topological polar surface area (TPSA) is 12.4 Å². The van der Waals surface area contributed by atoms with Crippen molar-refractivity contribution in [2.24, 2.45) is 10.4 Å². The van der Waals surface area contributed by atoms with Gasteiger partial charge in [-0.15, -0.1) is 0 Å². The van der Waals surface area contributed by atoms with Crippen molar-refractivity contribution in [1.82, 2.24) is 0 Å². The number of rotatable bonds is 6. The van der Waals surface area contributed by atoms with E-state index in [1.165, 1.54) is 19.3 Å². The van der Waals surface area contributed by atoms with Crippen LogP contribution in [0.15, 0.2) is 4.99 Å². The number of nitrogens with zero attached hydrogens (tertiary/aromatic N) is 1. The molecule has 0 bridgehead atoms. The van der Waals surface area contributed by atoms with Gasteiger partial charge in [0.05, 0.1) is 0 Å². The lowest BCUT2D eigenvalue weighted by molar-refractivity contribution is 0.337. The van der Waals surface area contributed by atoms with E-state index in [1.54, 1.807) is 0 Å². The molecule has 0 radical (unpaired) electrons. The highest BCUT2D eigenvalue weighted by Crippen LogP contribution is 2.23. The van der Waals surface area contributed by atoms with Crippen molar-refractivity contribution in [2.75, 3.05) is 6.54 Å². The predicted molar refractivity (Wildman–Crippen MR) is 57.0 cm³/mol. The lowest BCUT2D eigenvalue weighted by Gasteiger charge is -2.21. The van der Waals surface area contributed by atoms with Crippen molar-refractivity contribution in [2.45, 2.75) is 53.4 Å². The van der Waals surface area contributed by atoms with Gasteiger partial charge in [-0.05, 0) is 24.5 Å². The molecule has 0 aliphatic heterocycles. The summed E-state index contributed by atoms with van der Waals surface area (Å²) in [5.74, 6) is 0. The highest BCUT2D eigenvalue weighted by molar-refractivity contribution is 5.56. The van der Waals surface area contributed by atoms with Gasteiger partial charge in [-0.25, -0.2) is 0 Å². The number of hydrogen-bond acceptors (Lipinski definition) is 1. The third-order valence-corrected chi connectivity index (χ3v) is 2.04. The molecule has 0 fully saturated rings. The zero-order chi connectivity index (χ0) is 9.45. The Hall–Kier alpha value is -0.330. The van der Waals surface area contributed by atoms with Gasteiger partial charge in [0.25, 0.3) is 0 Å². The third-order valence-electron chi connectivity index (χ3n) is 2.04. The summed E-state index contributed by atoms with van der Waals surface area (Å²) in [5.41, 5.74) is 0.404. The highest BCUT2D eigenvalue weighted by Gasteiger charge is 2.15. The van der Waals surface area contributed by atoms with Gasteiger partial charge >= 0.3 is 0 Å². The smallest absolute Gasteiger partial charge is 0.0436 e. The van der Waals surface area contributed by atoms with Crippen molar-refractivity contribution in [1.29, 1.82) is 0 Å². The lowest BCUT2D eigenvalue weighted by Crippen LogP contribution is -2.15. The van der Waals surface area contributed by atoms with Crippen LogP contribution in [-0.2, 0) is 0 Å². The van der Waals surface area contributed by atoms with Crippen LogP contribution in [0.25, 0.3) is 0 Å². The second-order valence-corrected chi connectivity index (χ2v) is 4.20. The van der Waals surface area contributed by atoms with E-state index in [9.17, 15) is 0 Å². The fourth-order valence-electron chi connectivity index (χ4n) is 1.18. The van der Waals surface area contributed by atoms with Crippen molar-refractivity contribution in [3.05, 3.63) is 0 Å². The maximum Gasteiger partial charge on any atom is 0.0436 e. The number of unbranched alkanes of at least 4 members (excludes halogenated alkanes) is 1. The lowest BCUT2D eigenvalue weighted by atomic mass is 9.87. The summed E-state index contributed by atoms with van der Waals surface area (Å²) in [6, 6.07) is 0. The molecule has 0 unspecified atom stereocenters. The minimum absolute atomic E-state index is 0.404. The molecule has 72 valence electrons. The maximum absolute atomic E-state index is 4.39. The molecular formula is C11H23N. The molecule has 1 heteroatoms. The highest BCUT2D eigenvalue weighted by atomic mass is 14.7. The molecule has 0 rings (SSSR count). The van der Waals surface area contributed by atoms with Crippen molar-refractivity contribution >= 4 is 6.21 Å². The van der Waals surface area contributed by atoms with E-state index in [2.05, 4.69) is 32.7 Å². The predicted octanol–water partition coefficient (Wildman–Crippen LogP) is 3.68. The van der Waals surface area contributed by atoms with Crippen molar-refractivity contribution in [3.8, 4) is 0 Å². The average Bonchev–Trinajstić information content (AvgIpc) is 2.01. The van der Waals surface area contributed by atoms with E-state index >= 15 is 0 Å². The van der Waals surface area contributed by atoms with Gasteiger partial charge in [0.1, 0.15) is 0 Å². The summed E-state index contributed by atoms with van der Waals surface area (Å²) < 4.78 is 0. The van der Waals surface area contributed by atoms with Crippen LogP contribution < -0.4 is 0 Å². The Morgan fingerprint density at radius 2 is 1.92 bits per heavy atom. The molecule has 0 aliphatic rings. The van der Waals surface area contributed by atoms with Crippen LogP contribution in [0, 0.1) is 5.41 Å². The molecule has 0 aromatic carbocycles. The number of hydrogen-bond donors (Lipinski definition) is 0. The molecule has 1 nitrogen and oxygen atoms in total. The molecule has 0 amide bonds. The van der Waals surface area contributed by atoms with Crippen LogP contribution in [0.2, 0.25) is 0 Å². The van der Waals surface area contributed by atoms with E-state index in [0.717, 1.165) is 13.0 Å². The van der Waals surface area contributed by atoms with E-state index in [0.29, 0.717) is 5.41 Å². The van der Waals surface area contributed by atoms with Gasteiger partial charge in [0.15, 0.2) is 0 Å². The zero-order valence-corrected chi connectivity index (χ0v) is 9.06. The number of aliphatic imine (C=N–C) groups is 1. The van der Waals surface area contributed by atoms with Gasteiger partial charge in [0.2, 0.25) is 0 Å². The molecular weight excluding hydrogens is 146 g/mol. The summed E-state index contributed by atoms with van der Waals surface area (Å²) >= 11 is 0. The van der Waals surface area contributed by atoms with Gasteiger partial charge in [-0.1, -0.05) is 40.5 Å². The Morgan fingerprint density at radius 3 is 2.42 bits per heavy atom. The normalized spacial score (nSPS) is 12.7. The summed E-state index contributed by atoms with van der Waals surface area (Å²) in [4.78, 5) is 4.39. The molecule has 0 aromatic heterocycles. The van der Waals surface area contributed by atoms with E-state index < -0.39 is 0 Å². The quantitative estimate of drug-likeness (QED) is 0.538. The molecule has 0 saturated heterocycles. The van der Waals surface area contributed by atoms with E-state index in [1.807, 2.05) is 6.21 Å². The van der Waals surface area contributed by atoms with Crippen LogP contribution in [0.5, 0.6) is 0 Å². The van der Waals surface area contributed by atoms with Gasteiger partial charge in [-0.2, -0.15) is 0 Å². The van der Waals surface area contributed by atoms with Crippen LogP contribution >= 0.6 is 0 Å². The van der Waals surface area contributed by atoms with Crippen molar-refractivity contribution in [3.63, 3.8) is 0 Å². The zero-order valence-electron chi connectivity index (χ0n) is 9.06. The first-order valence-corrected chi connectivity index (χ1v) is 5.10. The molecule has 0 N–H and O–H groups in total. The largest absolute Gasteiger partial charge is 0.297 e. The SMILES string of the molecule is CCC=NCC(C)(C)CCCC.